The molecule has 1 heterocycles. The molecule has 0 aliphatic rings. The Morgan fingerprint density at radius 3 is 2.84 bits per heavy atom. The summed E-state index contributed by atoms with van der Waals surface area (Å²) in [6.45, 7) is 0.352. The van der Waals surface area contributed by atoms with Crippen molar-refractivity contribution in [2.24, 2.45) is 0 Å². The highest BCUT2D eigenvalue weighted by Gasteiger charge is 2.07. The number of benzene rings is 2. The van der Waals surface area contributed by atoms with E-state index in [1.54, 1.807) is 23.0 Å². The Bertz CT molecular complexity index is 783. The van der Waals surface area contributed by atoms with Crippen LogP contribution in [0.4, 0.5) is 4.39 Å². The molecule has 0 spiro atoms. The summed E-state index contributed by atoms with van der Waals surface area (Å²) in [5.74, 6) is -0.376. The summed E-state index contributed by atoms with van der Waals surface area (Å²) in [6, 6.07) is 14.2. The second-order valence-corrected chi connectivity index (χ2v) is 4.28. The molecule has 0 aliphatic heterocycles. The van der Waals surface area contributed by atoms with Crippen LogP contribution in [0.1, 0.15) is 11.1 Å². The maximum atomic E-state index is 13.8. The van der Waals surface area contributed by atoms with Gasteiger partial charge in [0.25, 0.3) is 0 Å². The molecule has 0 saturated heterocycles. The molecule has 1 aromatic heterocycles. The van der Waals surface area contributed by atoms with Crippen LogP contribution >= 0.6 is 0 Å². The molecule has 0 N–H and O–H groups in total. The molecule has 0 radical (unpaired) electrons. The number of rotatable bonds is 2. The zero-order valence-corrected chi connectivity index (χ0v) is 10.0. The molecule has 0 aliphatic carbocycles. The highest BCUT2D eigenvalue weighted by molar-refractivity contribution is 5.78. The van der Waals surface area contributed by atoms with Crippen LogP contribution in [-0.4, -0.2) is 9.78 Å². The Balaban J connectivity index is 2.00. The summed E-state index contributed by atoms with van der Waals surface area (Å²) in [4.78, 5) is 0. The van der Waals surface area contributed by atoms with Crippen molar-refractivity contribution in [2.75, 3.05) is 0 Å². The van der Waals surface area contributed by atoms with Crippen molar-refractivity contribution in [3.8, 4) is 6.07 Å². The van der Waals surface area contributed by atoms with Crippen LogP contribution < -0.4 is 0 Å². The van der Waals surface area contributed by atoms with Crippen molar-refractivity contribution >= 4 is 10.9 Å². The fraction of sp³-hybridized carbons (Fsp3) is 0.0667. The third kappa shape index (κ3) is 2.06. The molecule has 4 heteroatoms. The molecule has 0 fully saturated rings. The molecule has 0 amide bonds. The Morgan fingerprint density at radius 1 is 1.21 bits per heavy atom. The quantitative estimate of drug-likeness (QED) is 0.702. The van der Waals surface area contributed by atoms with E-state index in [4.69, 9.17) is 5.26 Å². The van der Waals surface area contributed by atoms with Gasteiger partial charge in [-0.05, 0) is 18.2 Å². The van der Waals surface area contributed by atoms with Crippen molar-refractivity contribution in [3.05, 3.63) is 65.6 Å². The monoisotopic (exact) mass is 251 g/mol. The highest BCUT2D eigenvalue weighted by atomic mass is 19.1. The van der Waals surface area contributed by atoms with E-state index in [1.165, 1.54) is 6.07 Å². The topological polar surface area (TPSA) is 41.6 Å². The molecule has 0 bridgehead atoms. The van der Waals surface area contributed by atoms with Gasteiger partial charge in [0.1, 0.15) is 5.82 Å². The number of halogens is 1. The second kappa shape index (κ2) is 4.54. The lowest BCUT2D eigenvalue weighted by molar-refractivity contribution is 0.590. The van der Waals surface area contributed by atoms with E-state index in [0.717, 1.165) is 10.9 Å². The molecule has 92 valence electrons. The standard InChI is InChI=1S/C15H10FN3/c16-14-7-11(8-17)5-6-13(14)10-19-15-4-2-1-3-12(15)9-18-19/h1-7,9H,10H2. The average Bonchev–Trinajstić information content (AvgIpc) is 2.84. The maximum Gasteiger partial charge on any atom is 0.129 e. The zero-order valence-electron chi connectivity index (χ0n) is 10.0. The van der Waals surface area contributed by atoms with Gasteiger partial charge in [-0.2, -0.15) is 10.4 Å². The Labute approximate surface area is 109 Å². The third-order valence-electron chi connectivity index (χ3n) is 3.05. The van der Waals surface area contributed by atoms with Gasteiger partial charge in [-0.15, -0.1) is 0 Å². The molecule has 0 atom stereocenters. The zero-order chi connectivity index (χ0) is 13.2. The second-order valence-electron chi connectivity index (χ2n) is 4.28. The molecular weight excluding hydrogens is 241 g/mol. The van der Waals surface area contributed by atoms with Gasteiger partial charge in [-0.25, -0.2) is 4.39 Å². The first-order chi connectivity index (χ1) is 9.28. The van der Waals surface area contributed by atoms with Crippen LogP contribution in [-0.2, 0) is 6.54 Å². The number of aromatic nitrogens is 2. The van der Waals surface area contributed by atoms with E-state index in [9.17, 15) is 4.39 Å². The minimum absolute atomic E-state index is 0.326. The Kier molecular flexibility index (Phi) is 2.73. The fourth-order valence-corrected chi connectivity index (χ4v) is 2.06. The smallest absolute Gasteiger partial charge is 0.129 e. The minimum atomic E-state index is -0.376. The van der Waals surface area contributed by atoms with Crippen LogP contribution in [0, 0.1) is 17.1 Å². The molecule has 19 heavy (non-hydrogen) atoms. The van der Waals surface area contributed by atoms with Crippen molar-refractivity contribution < 1.29 is 4.39 Å². The van der Waals surface area contributed by atoms with E-state index in [1.807, 2.05) is 30.3 Å². The number of hydrogen-bond donors (Lipinski definition) is 0. The summed E-state index contributed by atoms with van der Waals surface area (Å²) in [6.07, 6.45) is 1.76. The van der Waals surface area contributed by atoms with Crippen molar-refractivity contribution in [1.29, 1.82) is 5.26 Å². The van der Waals surface area contributed by atoms with E-state index >= 15 is 0 Å². The van der Waals surface area contributed by atoms with Crippen molar-refractivity contribution in [3.63, 3.8) is 0 Å². The number of nitriles is 1. The Hall–Kier alpha value is -2.67. The lowest BCUT2D eigenvalue weighted by atomic mass is 10.1. The lowest BCUT2D eigenvalue weighted by Crippen LogP contribution is -2.03. The average molecular weight is 251 g/mol. The van der Waals surface area contributed by atoms with Gasteiger partial charge >= 0.3 is 0 Å². The highest BCUT2D eigenvalue weighted by Crippen LogP contribution is 2.16. The third-order valence-corrected chi connectivity index (χ3v) is 3.05. The van der Waals surface area contributed by atoms with Crippen LogP contribution in [0.3, 0.4) is 0 Å². The number of nitrogens with zero attached hydrogens (tertiary/aromatic N) is 3. The molecule has 2 aromatic carbocycles. The van der Waals surface area contributed by atoms with E-state index in [-0.39, 0.29) is 5.82 Å². The van der Waals surface area contributed by atoms with Crippen LogP contribution in [0.15, 0.2) is 48.7 Å². The maximum absolute atomic E-state index is 13.8. The number of hydrogen-bond acceptors (Lipinski definition) is 2. The van der Waals surface area contributed by atoms with Crippen LogP contribution in [0.2, 0.25) is 0 Å². The van der Waals surface area contributed by atoms with E-state index < -0.39 is 0 Å². The van der Waals surface area contributed by atoms with Gasteiger partial charge in [0.05, 0.1) is 29.9 Å². The molecule has 3 nitrogen and oxygen atoms in total. The number of para-hydroxylation sites is 1. The van der Waals surface area contributed by atoms with E-state index in [2.05, 4.69) is 5.10 Å². The summed E-state index contributed by atoms with van der Waals surface area (Å²) in [5, 5.41) is 14.0. The minimum Gasteiger partial charge on any atom is -0.260 e. The first-order valence-electron chi connectivity index (χ1n) is 5.87. The first kappa shape index (κ1) is 11.4. The molecular formula is C15H10FN3. The lowest BCUT2D eigenvalue weighted by Gasteiger charge is -2.05. The predicted molar refractivity (Wildman–Crippen MR) is 70.0 cm³/mol. The van der Waals surface area contributed by atoms with Crippen molar-refractivity contribution in [2.45, 2.75) is 6.54 Å². The molecule has 0 unspecified atom stereocenters. The van der Waals surface area contributed by atoms with E-state index in [0.29, 0.717) is 17.7 Å². The van der Waals surface area contributed by atoms with Crippen molar-refractivity contribution in [1.82, 2.24) is 9.78 Å². The molecule has 3 aromatic rings. The van der Waals surface area contributed by atoms with Gasteiger partial charge in [-0.3, -0.25) is 4.68 Å². The molecule has 0 saturated carbocycles. The largest absolute Gasteiger partial charge is 0.260 e. The summed E-state index contributed by atoms with van der Waals surface area (Å²) < 4.78 is 15.6. The van der Waals surface area contributed by atoms with Gasteiger partial charge in [0, 0.05) is 10.9 Å². The van der Waals surface area contributed by atoms with Gasteiger partial charge in [0.15, 0.2) is 0 Å². The van der Waals surface area contributed by atoms with Gasteiger partial charge in [-0.1, -0.05) is 24.3 Å². The SMILES string of the molecule is N#Cc1ccc(Cn2ncc3ccccc32)c(F)c1. The summed E-state index contributed by atoms with van der Waals surface area (Å²) >= 11 is 0. The summed E-state index contributed by atoms with van der Waals surface area (Å²) in [7, 11) is 0. The van der Waals surface area contributed by atoms with Crippen LogP contribution in [0.25, 0.3) is 10.9 Å². The van der Waals surface area contributed by atoms with Gasteiger partial charge in [0.2, 0.25) is 0 Å². The Morgan fingerprint density at radius 2 is 2.05 bits per heavy atom. The summed E-state index contributed by atoms with van der Waals surface area (Å²) in [5.41, 5.74) is 1.81. The first-order valence-corrected chi connectivity index (χ1v) is 5.87. The van der Waals surface area contributed by atoms with Crippen LogP contribution in [0.5, 0.6) is 0 Å². The normalized spacial score (nSPS) is 10.5. The fourth-order valence-electron chi connectivity index (χ4n) is 2.06. The predicted octanol–water partition coefficient (Wildman–Crippen LogP) is 3.10. The van der Waals surface area contributed by atoms with Gasteiger partial charge < -0.3 is 0 Å². The number of fused-ring (bicyclic) bond motifs is 1. The molecule has 3 rings (SSSR count).